The minimum Gasteiger partial charge on any atom is -0.388 e. The number of rotatable bonds is 7. The fraction of sp³-hybridized carbons (Fsp3) is 0.500. The van der Waals surface area contributed by atoms with Gasteiger partial charge in [0.1, 0.15) is 0 Å². The number of aliphatic hydroxyl groups excluding tert-OH is 1. The highest BCUT2D eigenvalue weighted by molar-refractivity contribution is 6.33. The molecule has 1 rings (SSSR count). The van der Waals surface area contributed by atoms with Crippen molar-refractivity contribution in [2.24, 2.45) is 0 Å². The van der Waals surface area contributed by atoms with Crippen LogP contribution in [0.25, 0.3) is 0 Å². The summed E-state index contributed by atoms with van der Waals surface area (Å²) >= 11 is 11.8. The molecule has 1 aromatic rings. The van der Waals surface area contributed by atoms with Crippen LogP contribution in [0.2, 0.25) is 10.0 Å². The highest BCUT2D eigenvalue weighted by Crippen LogP contribution is 2.27. The van der Waals surface area contributed by atoms with Crippen LogP contribution in [0, 0.1) is 0 Å². The molecule has 17 heavy (non-hydrogen) atoms. The van der Waals surface area contributed by atoms with E-state index in [1.165, 1.54) is 0 Å². The zero-order valence-electron chi connectivity index (χ0n) is 9.66. The van der Waals surface area contributed by atoms with Gasteiger partial charge in [0.2, 0.25) is 0 Å². The van der Waals surface area contributed by atoms with E-state index < -0.39 is 6.10 Å². The van der Waals surface area contributed by atoms with Crippen LogP contribution < -0.4 is 0 Å². The van der Waals surface area contributed by atoms with Crippen LogP contribution in [0.4, 0.5) is 0 Å². The molecule has 0 aromatic heterocycles. The van der Waals surface area contributed by atoms with Gasteiger partial charge in [-0.25, -0.2) is 0 Å². The summed E-state index contributed by atoms with van der Waals surface area (Å²) < 4.78 is 10.1. The first kappa shape index (κ1) is 14.7. The molecule has 0 aliphatic heterocycles. The highest BCUT2D eigenvalue weighted by Gasteiger charge is 2.11. The molecule has 1 N–H and O–H groups in total. The lowest BCUT2D eigenvalue weighted by molar-refractivity contribution is 0.0476. The lowest BCUT2D eigenvalue weighted by Gasteiger charge is -2.13. The van der Waals surface area contributed by atoms with Crippen LogP contribution in [0.3, 0.4) is 0 Å². The molecule has 5 heteroatoms. The third-order valence-electron chi connectivity index (χ3n) is 2.28. The standard InChI is InChI=1S/C12H16Cl2O3/c1-16-6-7-17-5-4-12(15)10-8-9(13)2-3-11(10)14/h2-3,8,12,15H,4-7H2,1H3. The van der Waals surface area contributed by atoms with Crippen molar-refractivity contribution >= 4 is 23.2 Å². The maximum atomic E-state index is 9.93. The smallest absolute Gasteiger partial charge is 0.0826 e. The molecule has 0 aliphatic rings. The first-order chi connectivity index (χ1) is 8.15. The van der Waals surface area contributed by atoms with Gasteiger partial charge in [-0.2, -0.15) is 0 Å². The largest absolute Gasteiger partial charge is 0.388 e. The molecular formula is C12H16Cl2O3. The van der Waals surface area contributed by atoms with Crippen molar-refractivity contribution in [3.05, 3.63) is 33.8 Å². The van der Waals surface area contributed by atoms with Crippen LogP contribution >= 0.6 is 23.2 Å². The molecule has 1 atom stereocenters. The number of aliphatic hydroxyl groups is 1. The topological polar surface area (TPSA) is 38.7 Å². The summed E-state index contributed by atoms with van der Waals surface area (Å²) in [5.74, 6) is 0. The normalized spacial score (nSPS) is 12.7. The summed E-state index contributed by atoms with van der Waals surface area (Å²) in [5.41, 5.74) is 0.634. The SMILES string of the molecule is COCCOCCC(O)c1cc(Cl)ccc1Cl. The third-order valence-corrected chi connectivity index (χ3v) is 2.86. The van der Waals surface area contributed by atoms with Crippen LogP contribution in [0.5, 0.6) is 0 Å². The fourth-order valence-corrected chi connectivity index (χ4v) is 1.79. The van der Waals surface area contributed by atoms with Crippen molar-refractivity contribution in [3.8, 4) is 0 Å². The number of methoxy groups -OCH3 is 1. The van der Waals surface area contributed by atoms with E-state index in [9.17, 15) is 5.11 Å². The Kier molecular flexibility index (Phi) is 6.85. The van der Waals surface area contributed by atoms with E-state index in [4.69, 9.17) is 32.7 Å². The van der Waals surface area contributed by atoms with Crippen molar-refractivity contribution in [3.63, 3.8) is 0 Å². The lowest BCUT2D eigenvalue weighted by Crippen LogP contribution is -2.07. The molecule has 0 amide bonds. The average molecular weight is 279 g/mol. The van der Waals surface area contributed by atoms with Crippen molar-refractivity contribution in [1.29, 1.82) is 0 Å². The van der Waals surface area contributed by atoms with E-state index >= 15 is 0 Å². The molecule has 0 saturated heterocycles. The second kappa shape index (κ2) is 7.90. The van der Waals surface area contributed by atoms with E-state index in [1.807, 2.05) is 0 Å². The Bertz CT molecular complexity index is 345. The van der Waals surface area contributed by atoms with Crippen LogP contribution in [-0.4, -0.2) is 32.0 Å². The van der Waals surface area contributed by atoms with Gasteiger partial charge < -0.3 is 14.6 Å². The molecule has 1 aromatic carbocycles. The molecule has 96 valence electrons. The van der Waals surface area contributed by atoms with Gasteiger partial charge in [-0.15, -0.1) is 0 Å². The summed E-state index contributed by atoms with van der Waals surface area (Å²) in [6.45, 7) is 1.52. The predicted molar refractivity (Wildman–Crippen MR) is 68.7 cm³/mol. The molecule has 0 radical (unpaired) electrons. The number of benzene rings is 1. The molecule has 0 fully saturated rings. The molecule has 0 aliphatic carbocycles. The minimum absolute atomic E-state index is 0.452. The average Bonchev–Trinajstić information content (AvgIpc) is 2.32. The lowest BCUT2D eigenvalue weighted by atomic mass is 10.1. The Labute approximate surface area is 111 Å². The molecule has 0 spiro atoms. The van der Waals surface area contributed by atoms with Gasteiger partial charge in [-0.05, 0) is 18.2 Å². The highest BCUT2D eigenvalue weighted by atomic mass is 35.5. The second-order valence-corrected chi connectivity index (χ2v) is 4.42. The van der Waals surface area contributed by atoms with Crippen LogP contribution in [-0.2, 0) is 9.47 Å². The summed E-state index contributed by atoms with van der Waals surface area (Å²) in [7, 11) is 1.62. The van der Waals surface area contributed by atoms with Gasteiger partial charge in [-0.1, -0.05) is 23.2 Å². The van der Waals surface area contributed by atoms with Gasteiger partial charge in [0.15, 0.2) is 0 Å². The number of halogens is 2. The maximum absolute atomic E-state index is 9.93. The Hall–Kier alpha value is -0.320. The van der Waals surface area contributed by atoms with Gasteiger partial charge in [0.25, 0.3) is 0 Å². The Morgan fingerprint density at radius 2 is 2.00 bits per heavy atom. The number of ether oxygens (including phenoxy) is 2. The first-order valence-electron chi connectivity index (χ1n) is 5.35. The van der Waals surface area contributed by atoms with Gasteiger partial charge in [-0.3, -0.25) is 0 Å². The fourth-order valence-electron chi connectivity index (χ4n) is 1.36. The van der Waals surface area contributed by atoms with Crippen molar-refractivity contribution < 1.29 is 14.6 Å². The van der Waals surface area contributed by atoms with Gasteiger partial charge in [0.05, 0.1) is 19.3 Å². The predicted octanol–water partition coefficient (Wildman–Crippen LogP) is 3.08. The molecule has 0 bridgehead atoms. The van der Waals surface area contributed by atoms with E-state index in [1.54, 1.807) is 25.3 Å². The Morgan fingerprint density at radius 3 is 2.71 bits per heavy atom. The second-order valence-electron chi connectivity index (χ2n) is 3.58. The Balaban J connectivity index is 2.41. The first-order valence-corrected chi connectivity index (χ1v) is 6.10. The van der Waals surface area contributed by atoms with Crippen molar-refractivity contribution in [2.75, 3.05) is 26.9 Å². The van der Waals surface area contributed by atoms with E-state index in [-0.39, 0.29) is 0 Å². The summed E-state index contributed by atoms with van der Waals surface area (Å²) in [6.07, 6.45) is -0.187. The van der Waals surface area contributed by atoms with Crippen molar-refractivity contribution in [1.82, 2.24) is 0 Å². The summed E-state index contributed by atoms with van der Waals surface area (Å²) in [4.78, 5) is 0. The maximum Gasteiger partial charge on any atom is 0.0826 e. The third kappa shape index (κ3) is 5.23. The number of hydrogen-bond acceptors (Lipinski definition) is 3. The van der Waals surface area contributed by atoms with Gasteiger partial charge in [0, 0.05) is 35.7 Å². The van der Waals surface area contributed by atoms with E-state index in [2.05, 4.69) is 0 Å². The molecule has 1 unspecified atom stereocenters. The summed E-state index contributed by atoms with van der Waals surface area (Å²) in [6, 6.07) is 5.03. The molecule has 0 heterocycles. The minimum atomic E-state index is -0.663. The quantitative estimate of drug-likeness (QED) is 0.779. The molecule has 3 nitrogen and oxygen atoms in total. The zero-order chi connectivity index (χ0) is 12.7. The monoisotopic (exact) mass is 278 g/mol. The van der Waals surface area contributed by atoms with Crippen molar-refractivity contribution in [2.45, 2.75) is 12.5 Å². The van der Waals surface area contributed by atoms with Crippen LogP contribution in [0.1, 0.15) is 18.1 Å². The van der Waals surface area contributed by atoms with Crippen LogP contribution in [0.15, 0.2) is 18.2 Å². The summed E-state index contributed by atoms with van der Waals surface area (Å²) in [5, 5.41) is 11.0. The van der Waals surface area contributed by atoms with Gasteiger partial charge >= 0.3 is 0 Å². The Morgan fingerprint density at radius 1 is 1.24 bits per heavy atom. The molecular weight excluding hydrogens is 263 g/mol. The number of hydrogen-bond donors (Lipinski definition) is 1. The van der Waals surface area contributed by atoms with E-state index in [0.29, 0.717) is 41.9 Å². The molecule has 0 saturated carbocycles. The zero-order valence-corrected chi connectivity index (χ0v) is 11.2. The van der Waals surface area contributed by atoms with E-state index in [0.717, 1.165) is 0 Å².